The zero-order valence-electron chi connectivity index (χ0n) is 13.3. The van der Waals surface area contributed by atoms with Crippen LogP contribution in [0.4, 0.5) is 0 Å². The normalized spacial score (nSPS) is 22.7. The van der Waals surface area contributed by atoms with E-state index in [4.69, 9.17) is 5.11 Å². The summed E-state index contributed by atoms with van der Waals surface area (Å²) in [5.74, 6) is 0.0749. The Hall–Kier alpha value is -1.10. The van der Waals surface area contributed by atoms with Gasteiger partial charge >= 0.3 is 5.97 Å². The average molecular weight is 296 g/mol. The van der Waals surface area contributed by atoms with Gasteiger partial charge in [-0.15, -0.1) is 0 Å². The Morgan fingerprint density at radius 3 is 2.14 bits per heavy atom. The van der Waals surface area contributed by atoms with E-state index in [0.717, 1.165) is 32.1 Å². The molecule has 21 heavy (non-hydrogen) atoms. The molecule has 0 spiro atoms. The molecule has 0 aromatic rings. The van der Waals surface area contributed by atoms with Crippen molar-refractivity contribution in [2.45, 2.75) is 46.0 Å². The number of nitrogens with zero attached hydrogens (tertiary/aromatic N) is 2. The van der Waals surface area contributed by atoms with E-state index >= 15 is 0 Å². The molecule has 2 aliphatic rings. The van der Waals surface area contributed by atoms with Crippen molar-refractivity contribution in [3.8, 4) is 0 Å². The third-order valence-corrected chi connectivity index (χ3v) is 4.83. The number of carbonyl (C=O) groups is 2. The lowest BCUT2D eigenvalue weighted by atomic mass is 9.77. The SMILES string of the molecule is CC(C)CC1(C(=O)N2CCN(CC(=O)O)CC2)CCCC1. The first kappa shape index (κ1) is 16.3. The molecule has 1 aliphatic carbocycles. The minimum atomic E-state index is -0.790. The zero-order valence-corrected chi connectivity index (χ0v) is 13.3. The summed E-state index contributed by atoms with van der Waals surface area (Å²) in [5.41, 5.74) is -0.136. The summed E-state index contributed by atoms with van der Waals surface area (Å²) in [6, 6.07) is 0. The number of hydrogen-bond donors (Lipinski definition) is 1. The molecule has 0 aromatic carbocycles. The van der Waals surface area contributed by atoms with E-state index in [-0.39, 0.29) is 12.0 Å². The van der Waals surface area contributed by atoms with Crippen LogP contribution in [0.1, 0.15) is 46.0 Å². The molecule has 2 rings (SSSR count). The fourth-order valence-electron chi connectivity index (χ4n) is 3.97. The molecular formula is C16H28N2O3. The molecule has 1 aliphatic heterocycles. The number of rotatable bonds is 5. The van der Waals surface area contributed by atoms with Crippen LogP contribution in [0.5, 0.6) is 0 Å². The average Bonchev–Trinajstić information content (AvgIpc) is 2.87. The molecule has 1 heterocycles. The fourth-order valence-corrected chi connectivity index (χ4v) is 3.97. The molecule has 0 bridgehead atoms. The summed E-state index contributed by atoms with van der Waals surface area (Å²) in [4.78, 5) is 27.6. The van der Waals surface area contributed by atoms with Crippen LogP contribution in [0.2, 0.25) is 0 Å². The Morgan fingerprint density at radius 2 is 1.67 bits per heavy atom. The lowest BCUT2D eigenvalue weighted by Crippen LogP contribution is -2.53. The van der Waals surface area contributed by atoms with E-state index in [1.54, 1.807) is 0 Å². The Bertz CT molecular complexity index is 381. The van der Waals surface area contributed by atoms with Crippen molar-refractivity contribution in [1.29, 1.82) is 0 Å². The van der Waals surface area contributed by atoms with Gasteiger partial charge in [0.05, 0.1) is 6.54 Å². The molecule has 0 radical (unpaired) electrons. The van der Waals surface area contributed by atoms with Crippen molar-refractivity contribution in [3.05, 3.63) is 0 Å². The van der Waals surface area contributed by atoms with Crippen molar-refractivity contribution >= 4 is 11.9 Å². The van der Waals surface area contributed by atoms with Crippen LogP contribution in [-0.2, 0) is 9.59 Å². The number of carboxylic acid groups (broad SMARTS) is 1. The fraction of sp³-hybridized carbons (Fsp3) is 0.875. The molecule has 0 unspecified atom stereocenters. The van der Waals surface area contributed by atoms with Crippen molar-refractivity contribution < 1.29 is 14.7 Å². The topological polar surface area (TPSA) is 60.9 Å². The van der Waals surface area contributed by atoms with Gasteiger partial charge in [-0.1, -0.05) is 26.7 Å². The van der Waals surface area contributed by atoms with Crippen molar-refractivity contribution in [1.82, 2.24) is 9.80 Å². The molecular weight excluding hydrogens is 268 g/mol. The third kappa shape index (κ3) is 3.96. The summed E-state index contributed by atoms with van der Waals surface area (Å²) in [6.45, 7) is 7.17. The minimum Gasteiger partial charge on any atom is -0.480 e. The second-order valence-corrected chi connectivity index (χ2v) is 7.05. The summed E-state index contributed by atoms with van der Waals surface area (Å²) < 4.78 is 0. The highest BCUT2D eigenvalue weighted by molar-refractivity contribution is 5.83. The largest absolute Gasteiger partial charge is 0.480 e. The van der Waals surface area contributed by atoms with Gasteiger partial charge in [0, 0.05) is 31.6 Å². The number of carboxylic acids is 1. The Balaban J connectivity index is 1.95. The molecule has 1 N–H and O–H groups in total. The smallest absolute Gasteiger partial charge is 0.317 e. The van der Waals surface area contributed by atoms with E-state index in [1.165, 1.54) is 0 Å². The molecule has 1 saturated carbocycles. The third-order valence-electron chi connectivity index (χ3n) is 4.83. The molecule has 5 nitrogen and oxygen atoms in total. The first-order valence-electron chi connectivity index (χ1n) is 8.16. The maximum Gasteiger partial charge on any atom is 0.317 e. The van der Waals surface area contributed by atoms with Crippen molar-refractivity contribution in [2.24, 2.45) is 11.3 Å². The van der Waals surface area contributed by atoms with Gasteiger partial charge in [-0.2, -0.15) is 0 Å². The number of hydrogen-bond acceptors (Lipinski definition) is 3. The van der Waals surface area contributed by atoms with Gasteiger partial charge in [0.25, 0.3) is 0 Å². The number of amides is 1. The molecule has 0 aromatic heterocycles. The van der Waals surface area contributed by atoms with Crippen LogP contribution in [-0.4, -0.2) is 59.5 Å². The highest BCUT2D eigenvalue weighted by Crippen LogP contribution is 2.44. The van der Waals surface area contributed by atoms with Gasteiger partial charge in [-0.3, -0.25) is 14.5 Å². The number of aliphatic carboxylic acids is 1. The van der Waals surface area contributed by atoms with Gasteiger partial charge in [-0.25, -0.2) is 0 Å². The highest BCUT2D eigenvalue weighted by atomic mass is 16.4. The van der Waals surface area contributed by atoms with E-state index < -0.39 is 5.97 Å². The lowest BCUT2D eigenvalue weighted by Gasteiger charge is -2.40. The van der Waals surface area contributed by atoms with Gasteiger partial charge in [0.2, 0.25) is 5.91 Å². The van der Waals surface area contributed by atoms with Crippen LogP contribution in [0.3, 0.4) is 0 Å². The van der Waals surface area contributed by atoms with Gasteiger partial charge in [0.1, 0.15) is 0 Å². The second-order valence-electron chi connectivity index (χ2n) is 7.05. The van der Waals surface area contributed by atoms with Gasteiger partial charge < -0.3 is 10.0 Å². The van der Waals surface area contributed by atoms with E-state index in [0.29, 0.717) is 38.0 Å². The lowest BCUT2D eigenvalue weighted by molar-refractivity contribution is -0.145. The van der Waals surface area contributed by atoms with Crippen LogP contribution < -0.4 is 0 Å². The quantitative estimate of drug-likeness (QED) is 0.840. The van der Waals surface area contributed by atoms with Crippen molar-refractivity contribution in [3.63, 3.8) is 0 Å². The monoisotopic (exact) mass is 296 g/mol. The molecule has 120 valence electrons. The highest BCUT2D eigenvalue weighted by Gasteiger charge is 2.44. The predicted molar refractivity (Wildman–Crippen MR) is 81.0 cm³/mol. The van der Waals surface area contributed by atoms with E-state index in [9.17, 15) is 9.59 Å². The first-order chi connectivity index (χ1) is 9.93. The Morgan fingerprint density at radius 1 is 1.10 bits per heavy atom. The summed E-state index contributed by atoms with van der Waals surface area (Å²) in [7, 11) is 0. The second kappa shape index (κ2) is 6.77. The maximum atomic E-state index is 13.0. The number of carbonyl (C=O) groups excluding carboxylic acids is 1. The van der Waals surface area contributed by atoms with Gasteiger partial charge in [0.15, 0.2) is 0 Å². The van der Waals surface area contributed by atoms with E-state index in [2.05, 4.69) is 13.8 Å². The minimum absolute atomic E-state index is 0.0825. The molecule has 1 amide bonds. The van der Waals surface area contributed by atoms with Crippen LogP contribution in [0.15, 0.2) is 0 Å². The van der Waals surface area contributed by atoms with Crippen LogP contribution in [0, 0.1) is 11.3 Å². The van der Waals surface area contributed by atoms with Crippen molar-refractivity contribution in [2.75, 3.05) is 32.7 Å². The molecule has 1 saturated heterocycles. The number of piperazine rings is 1. The maximum absolute atomic E-state index is 13.0. The molecule has 0 atom stereocenters. The summed E-state index contributed by atoms with van der Waals surface area (Å²) in [5, 5.41) is 8.83. The molecule has 2 fully saturated rings. The van der Waals surface area contributed by atoms with Crippen LogP contribution >= 0.6 is 0 Å². The predicted octanol–water partition coefficient (Wildman–Crippen LogP) is 1.82. The van der Waals surface area contributed by atoms with Crippen LogP contribution in [0.25, 0.3) is 0 Å². The molecule has 5 heteroatoms. The first-order valence-corrected chi connectivity index (χ1v) is 8.16. The zero-order chi connectivity index (χ0) is 15.5. The Kier molecular flexibility index (Phi) is 5.25. The van der Waals surface area contributed by atoms with Gasteiger partial charge in [-0.05, 0) is 25.2 Å². The Labute approximate surface area is 127 Å². The standard InChI is InChI=1S/C16H28N2O3/c1-13(2)11-16(5-3-4-6-16)15(21)18-9-7-17(8-10-18)12-14(19)20/h13H,3-12H2,1-2H3,(H,19,20). The summed E-state index contributed by atoms with van der Waals surface area (Å²) >= 11 is 0. The van der Waals surface area contributed by atoms with E-state index in [1.807, 2.05) is 9.80 Å². The summed E-state index contributed by atoms with van der Waals surface area (Å²) in [6.07, 6.45) is 5.37.